The SMILES string of the molecule is CCCCc1nnc(NC(=O)c2ccccc2S(C)(=O)=O)s1. The van der Waals surface area contributed by atoms with Crippen molar-refractivity contribution in [3.8, 4) is 0 Å². The van der Waals surface area contributed by atoms with Crippen LogP contribution in [0, 0.1) is 0 Å². The fourth-order valence-corrected chi connectivity index (χ4v) is 3.54. The van der Waals surface area contributed by atoms with Gasteiger partial charge in [-0.05, 0) is 18.6 Å². The number of nitrogens with one attached hydrogen (secondary N) is 1. The molecule has 0 fully saturated rings. The number of carbonyl (C=O) groups is 1. The Hall–Kier alpha value is -1.80. The van der Waals surface area contributed by atoms with E-state index < -0.39 is 15.7 Å². The number of sulfone groups is 1. The summed E-state index contributed by atoms with van der Waals surface area (Å²) < 4.78 is 23.5. The number of anilines is 1. The number of aromatic nitrogens is 2. The van der Waals surface area contributed by atoms with Gasteiger partial charge in [0.05, 0.1) is 10.5 Å². The van der Waals surface area contributed by atoms with Crippen molar-refractivity contribution in [3.63, 3.8) is 0 Å². The highest BCUT2D eigenvalue weighted by Gasteiger charge is 2.19. The van der Waals surface area contributed by atoms with Gasteiger partial charge >= 0.3 is 0 Å². The molecule has 0 unspecified atom stereocenters. The normalized spacial score (nSPS) is 11.4. The molecule has 0 saturated heterocycles. The van der Waals surface area contributed by atoms with E-state index in [9.17, 15) is 13.2 Å². The largest absolute Gasteiger partial charge is 0.296 e. The summed E-state index contributed by atoms with van der Waals surface area (Å²) in [6, 6.07) is 6.10. The number of unbranched alkanes of at least 4 members (excludes halogenated alkanes) is 1. The number of benzene rings is 1. The van der Waals surface area contributed by atoms with Gasteiger partial charge in [-0.25, -0.2) is 8.42 Å². The Morgan fingerprint density at radius 3 is 2.68 bits per heavy atom. The van der Waals surface area contributed by atoms with Gasteiger partial charge in [-0.1, -0.05) is 36.8 Å². The first kappa shape index (κ1) is 16.6. The number of hydrogen-bond donors (Lipinski definition) is 1. The van der Waals surface area contributed by atoms with Crippen molar-refractivity contribution >= 4 is 32.2 Å². The lowest BCUT2D eigenvalue weighted by atomic mass is 10.2. The Balaban J connectivity index is 2.18. The van der Waals surface area contributed by atoms with Crippen molar-refractivity contribution in [3.05, 3.63) is 34.8 Å². The first-order chi connectivity index (χ1) is 10.4. The van der Waals surface area contributed by atoms with Crippen LogP contribution >= 0.6 is 11.3 Å². The van der Waals surface area contributed by atoms with Crippen LogP contribution in [-0.4, -0.2) is 30.8 Å². The Morgan fingerprint density at radius 1 is 1.27 bits per heavy atom. The predicted octanol–water partition coefficient (Wildman–Crippen LogP) is 2.54. The van der Waals surface area contributed by atoms with Crippen LogP contribution in [0.4, 0.5) is 5.13 Å². The zero-order valence-electron chi connectivity index (χ0n) is 12.4. The summed E-state index contributed by atoms with van der Waals surface area (Å²) >= 11 is 1.31. The minimum Gasteiger partial charge on any atom is -0.296 e. The molecular formula is C14H17N3O3S2. The second-order valence-corrected chi connectivity index (χ2v) is 7.87. The molecule has 1 aromatic carbocycles. The number of carbonyl (C=O) groups excluding carboxylic acids is 1. The van der Waals surface area contributed by atoms with Gasteiger partial charge in [0.25, 0.3) is 5.91 Å². The van der Waals surface area contributed by atoms with Gasteiger partial charge in [0.1, 0.15) is 5.01 Å². The lowest BCUT2D eigenvalue weighted by Gasteiger charge is -2.06. The lowest BCUT2D eigenvalue weighted by molar-refractivity contribution is 0.102. The Kier molecular flexibility index (Phi) is 5.25. The van der Waals surface area contributed by atoms with Crippen LogP contribution < -0.4 is 5.32 Å². The van der Waals surface area contributed by atoms with Gasteiger partial charge in [0.2, 0.25) is 5.13 Å². The molecule has 2 rings (SSSR count). The molecule has 0 radical (unpaired) electrons. The molecule has 6 nitrogen and oxygen atoms in total. The smallest absolute Gasteiger partial charge is 0.258 e. The predicted molar refractivity (Wildman–Crippen MR) is 86.0 cm³/mol. The third kappa shape index (κ3) is 4.11. The van der Waals surface area contributed by atoms with Crippen LogP contribution in [0.1, 0.15) is 35.1 Å². The fourth-order valence-electron chi connectivity index (χ4n) is 1.88. The van der Waals surface area contributed by atoms with E-state index in [0.29, 0.717) is 5.13 Å². The minimum atomic E-state index is -3.47. The summed E-state index contributed by atoms with van der Waals surface area (Å²) in [6.45, 7) is 2.09. The van der Waals surface area contributed by atoms with E-state index in [-0.39, 0.29) is 10.5 Å². The molecule has 1 N–H and O–H groups in total. The van der Waals surface area contributed by atoms with Gasteiger partial charge in [-0.15, -0.1) is 10.2 Å². The van der Waals surface area contributed by atoms with E-state index in [1.807, 2.05) is 0 Å². The maximum Gasteiger partial charge on any atom is 0.258 e. The zero-order valence-corrected chi connectivity index (χ0v) is 14.0. The molecule has 118 valence electrons. The highest BCUT2D eigenvalue weighted by molar-refractivity contribution is 7.90. The van der Waals surface area contributed by atoms with Crippen LogP contribution in [-0.2, 0) is 16.3 Å². The van der Waals surface area contributed by atoms with Gasteiger partial charge < -0.3 is 0 Å². The van der Waals surface area contributed by atoms with Crippen LogP contribution in [0.2, 0.25) is 0 Å². The molecule has 0 atom stereocenters. The van der Waals surface area contributed by atoms with E-state index in [1.165, 1.54) is 23.5 Å². The minimum absolute atomic E-state index is 0.00298. The van der Waals surface area contributed by atoms with E-state index in [1.54, 1.807) is 12.1 Å². The number of rotatable bonds is 6. The van der Waals surface area contributed by atoms with Crippen LogP contribution in [0.15, 0.2) is 29.2 Å². The first-order valence-corrected chi connectivity index (χ1v) is 9.55. The van der Waals surface area contributed by atoms with Crippen molar-refractivity contribution in [1.82, 2.24) is 10.2 Å². The third-order valence-electron chi connectivity index (χ3n) is 2.96. The molecule has 0 saturated carbocycles. The Bertz CT molecular complexity index is 769. The van der Waals surface area contributed by atoms with Gasteiger partial charge in [0, 0.05) is 12.7 Å². The number of aryl methyl sites for hydroxylation is 1. The van der Waals surface area contributed by atoms with Crippen molar-refractivity contribution < 1.29 is 13.2 Å². The molecule has 0 aliphatic rings. The summed E-state index contributed by atoms with van der Waals surface area (Å²) in [5, 5.41) is 11.8. The van der Waals surface area contributed by atoms with E-state index in [4.69, 9.17) is 0 Å². The lowest BCUT2D eigenvalue weighted by Crippen LogP contribution is -2.15. The second-order valence-electron chi connectivity index (χ2n) is 4.83. The van der Waals surface area contributed by atoms with Crippen molar-refractivity contribution in [2.45, 2.75) is 31.1 Å². The van der Waals surface area contributed by atoms with Crippen LogP contribution in [0.5, 0.6) is 0 Å². The van der Waals surface area contributed by atoms with Crippen molar-refractivity contribution in [1.29, 1.82) is 0 Å². The summed E-state index contributed by atoms with van der Waals surface area (Å²) in [6.07, 6.45) is 3.97. The summed E-state index contributed by atoms with van der Waals surface area (Å²) in [5.41, 5.74) is 0.107. The van der Waals surface area contributed by atoms with E-state index in [0.717, 1.165) is 30.5 Å². The molecule has 22 heavy (non-hydrogen) atoms. The molecule has 2 aromatic rings. The number of hydrogen-bond acceptors (Lipinski definition) is 6. The topological polar surface area (TPSA) is 89.0 Å². The molecule has 0 spiro atoms. The summed E-state index contributed by atoms with van der Waals surface area (Å²) in [5.74, 6) is -0.501. The Labute approximate surface area is 133 Å². The summed E-state index contributed by atoms with van der Waals surface area (Å²) in [7, 11) is -3.47. The monoisotopic (exact) mass is 339 g/mol. The first-order valence-electron chi connectivity index (χ1n) is 6.84. The summed E-state index contributed by atoms with van der Waals surface area (Å²) in [4.78, 5) is 12.3. The maximum absolute atomic E-state index is 12.3. The fraction of sp³-hybridized carbons (Fsp3) is 0.357. The highest BCUT2D eigenvalue weighted by atomic mass is 32.2. The van der Waals surface area contributed by atoms with Crippen LogP contribution in [0.3, 0.4) is 0 Å². The van der Waals surface area contributed by atoms with Gasteiger partial charge in [0.15, 0.2) is 9.84 Å². The van der Waals surface area contributed by atoms with E-state index >= 15 is 0 Å². The molecule has 1 amide bonds. The molecule has 0 bridgehead atoms. The molecule has 8 heteroatoms. The molecule has 0 aliphatic heterocycles. The zero-order chi connectivity index (χ0) is 16.2. The number of amides is 1. The molecular weight excluding hydrogens is 322 g/mol. The molecule has 1 aromatic heterocycles. The third-order valence-corrected chi connectivity index (χ3v) is 5.02. The average molecular weight is 339 g/mol. The second kappa shape index (κ2) is 6.97. The maximum atomic E-state index is 12.3. The van der Waals surface area contributed by atoms with Crippen molar-refractivity contribution in [2.75, 3.05) is 11.6 Å². The Morgan fingerprint density at radius 2 is 2.00 bits per heavy atom. The van der Waals surface area contributed by atoms with Crippen LogP contribution in [0.25, 0.3) is 0 Å². The van der Waals surface area contributed by atoms with E-state index in [2.05, 4.69) is 22.4 Å². The molecule has 0 aliphatic carbocycles. The van der Waals surface area contributed by atoms with Gasteiger partial charge in [-0.3, -0.25) is 10.1 Å². The highest BCUT2D eigenvalue weighted by Crippen LogP contribution is 2.20. The van der Waals surface area contributed by atoms with Crippen molar-refractivity contribution in [2.24, 2.45) is 0 Å². The number of nitrogens with zero attached hydrogens (tertiary/aromatic N) is 2. The molecule has 1 heterocycles. The van der Waals surface area contributed by atoms with Gasteiger partial charge in [-0.2, -0.15) is 0 Å². The standard InChI is InChI=1S/C14H17N3O3S2/c1-3-4-9-12-16-17-14(21-12)15-13(18)10-7-5-6-8-11(10)22(2,19)20/h5-8H,3-4,9H2,1-2H3,(H,15,17,18). The quantitative estimate of drug-likeness (QED) is 0.873. The average Bonchev–Trinajstić information content (AvgIpc) is 2.91.